The zero-order chi connectivity index (χ0) is 9.31. The summed E-state index contributed by atoms with van der Waals surface area (Å²) in [5.74, 6) is -0.0758. The van der Waals surface area contributed by atoms with Crippen LogP contribution >= 0.6 is 0 Å². The lowest BCUT2D eigenvalue weighted by Gasteiger charge is -2.51. The summed E-state index contributed by atoms with van der Waals surface area (Å²) in [4.78, 5) is 11.4. The number of esters is 1. The van der Waals surface area contributed by atoms with Crippen LogP contribution in [0, 0.1) is 5.41 Å². The Labute approximate surface area is 78.8 Å². The van der Waals surface area contributed by atoms with Crippen LogP contribution in [0.5, 0.6) is 0 Å². The molecule has 74 valence electrons. The van der Waals surface area contributed by atoms with E-state index in [1.807, 2.05) is 0 Å². The molecule has 3 heteroatoms. The topological polar surface area (TPSA) is 38.3 Å². The Bertz CT molecular complexity index is 209. The number of ether oxygens (including phenoxy) is 1. The van der Waals surface area contributed by atoms with Gasteiger partial charge in [0.1, 0.15) is 6.04 Å². The van der Waals surface area contributed by atoms with E-state index < -0.39 is 0 Å². The zero-order valence-corrected chi connectivity index (χ0v) is 8.14. The van der Waals surface area contributed by atoms with Crippen molar-refractivity contribution in [3.63, 3.8) is 0 Å². The van der Waals surface area contributed by atoms with Crippen molar-refractivity contribution in [3.8, 4) is 0 Å². The van der Waals surface area contributed by atoms with E-state index in [9.17, 15) is 4.79 Å². The Morgan fingerprint density at radius 2 is 2.08 bits per heavy atom. The molecule has 1 saturated carbocycles. The molecule has 0 aromatic carbocycles. The molecule has 2 aliphatic rings. The van der Waals surface area contributed by atoms with E-state index >= 15 is 0 Å². The average Bonchev–Trinajstić information content (AvgIpc) is 2.17. The summed E-state index contributed by atoms with van der Waals surface area (Å²) < 4.78 is 4.78. The quantitative estimate of drug-likeness (QED) is 0.618. The normalized spacial score (nSPS) is 31.0. The molecule has 13 heavy (non-hydrogen) atoms. The first-order valence-electron chi connectivity index (χ1n) is 5.10. The van der Waals surface area contributed by atoms with Crippen LogP contribution < -0.4 is 5.32 Å². The lowest BCUT2D eigenvalue weighted by Crippen LogP contribution is -2.66. The summed E-state index contributed by atoms with van der Waals surface area (Å²) >= 11 is 0. The standard InChI is InChI=1S/C10H17NO2/c1-13-9(12)8-10(7-11-8)5-3-2-4-6-10/h8,11H,2-7H2,1H3/t8-/m1/s1. The fourth-order valence-corrected chi connectivity index (χ4v) is 2.67. The maximum absolute atomic E-state index is 11.4. The molecule has 0 aromatic rings. The summed E-state index contributed by atoms with van der Waals surface area (Å²) in [6.45, 7) is 1.01. The first-order valence-corrected chi connectivity index (χ1v) is 5.10. The molecule has 0 unspecified atom stereocenters. The van der Waals surface area contributed by atoms with Gasteiger partial charge in [0.2, 0.25) is 0 Å². The second-order valence-electron chi connectivity index (χ2n) is 4.26. The predicted octanol–water partition coefficient (Wildman–Crippen LogP) is 1.08. The fourth-order valence-electron chi connectivity index (χ4n) is 2.67. The van der Waals surface area contributed by atoms with Crippen LogP contribution in [0.15, 0.2) is 0 Å². The first kappa shape index (κ1) is 9.00. The molecule has 1 heterocycles. The highest BCUT2D eigenvalue weighted by molar-refractivity contribution is 5.78. The molecule has 0 radical (unpaired) electrons. The third-order valence-corrected chi connectivity index (χ3v) is 3.56. The summed E-state index contributed by atoms with van der Waals surface area (Å²) in [5, 5.41) is 3.18. The Morgan fingerprint density at radius 3 is 2.54 bits per heavy atom. The second kappa shape index (κ2) is 3.29. The van der Waals surface area contributed by atoms with E-state index in [0.717, 1.165) is 6.54 Å². The van der Waals surface area contributed by atoms with Crippen molar-refractivity contribution >= 4 is 5.97 Å². The van der Waals surface area contributed by atoms with Gasteiger partial charge in [-0.2, -0.15) is 0 Å². The van der Waals surface area contributed by atoms with Crippen molar-refractivity contribution in [1.82, 2.24) is 5.32 Å². The van der Waals surface area contributed by atoms with Crippen LogP contribution in [0.1, 0.15) is 32.1 Å². The highest BCUT2D eigenvalue weighted by Crippen LogP contribution is 2.44. The van der Waals surface area contributed by atoms with Gasteiger partial charge in [-0.3, -0.25) is 4.79 Å². The largest absolute Gasteiger partial charge is 0.468 e. The van der Waals surface area contributed by atoms with Crippen LogP contribution in [-0.2, 0) is 9.53 Å². The van der Waals surface area contributed by atoms with Crippen LogP contribution in [0.25, 0.3) is 0 Å². The highest BCUT2D eigenvalue weighted by atomic mass is 16.5. The van der Waals surface area contributed by atoms with Gasteiger partial charge >= 0.3 is 5.97 Å². The Morgan fingerprint density at radius 1 is 1.38 bits per heavy atom. The molecule has 0 bridgehead atoms. The van der Waals surface area contributed by atoms with Gasteiger partial charge in [0.05, 0.1) is 7.11 Å². The summed E-state index contributed by atoms with van der Waals surface area (Å²) in [7, 11) is 1.47. The van der Waals surface area contributed by atoms with Crippen molar-refractivity contribution in [2.75, 3.05) is 13.7 Å². The van der Waals surface area contributed by atoms with Crippen LogP contribution in [0.3, 0.4) is 0 Å². The van der Waals surface area contributed by atoms with Crippen molar-refractivity contribution in [2.24, 2.45) is 5.41 Å². The number of nitrogens with one attached hydrogen (secondary N) is 1. The van der Waals surface area contributed by atoms with E-state index in [2.05, 4.69) is 5.32 Å². The van der Waals surface area contributed by atoms with Crippen LogP contribution in [0.2, 0.25) is 0 Å². The average molecular weight is 183 g/mol. The molecule has 1 N–H and O–H groups in total. The monoisotopic (exact) mass is 183 g/mol. The SMILES string of the molecule is COC(=O)[C@H]1NCC12CCCCC2. The Hall–Kier alpha value is -0.570. The Kier molecular flexibility index (Phi) is 2.28. The molecule has 3 nitrogen and oxygen atoms in total. The van der Waals surface area contributed by atoms with Gasteiger partial charge in [-0.05, 0) is 12.8 Å². The maximum Gasteiger partial charge on any atom is 0.323 e. The highest BCUT2D eigenvalue weighted by Gasteiger charge is 2.51. The van der Waals surface area contributed by atoms with Gasteiger partial charge in [-0.25, -0.2) is 0 Å². The fraction of sp³-hybridized carbons (Fsp3) is 0.900. The molecule has 0 aromatic heterocycles. The van der Waals surface area contributed by atoms with E-state index in [-0.39, 0.29) is 17.4 Å². The van der Waals surface area contributed by atoms with Crippen molar-refractivity contribution in [1.29, 1.82) is 0 Å². The molecule has 0 amide bonds. The van der Waals surface area contributed by atoms with Crippen molar-refractivity contribution in [2.45, 2.75) is 38.1 Å². The molecule has 1 aliphatic carbocycles. The van der Waals surface area contributed by atoms with Crippen LogP contribution in [-0.4, -0.2) is 25.7 Å². The minimum absolute atomic E-state index is 0.0159. The molecule has 1 atom stereocenters. The lowest BCUT2D eigenvalue weighted by molar-refractivity contribution is -0.153. The smallest absolute Gasteiger partial charge is 0.323 e. The molecule has 2 fully saturated rings. The summed E-state index contributed by atoms with van der Waals surface area (Å²) in [6, 6.07) is -0.0159. The van der Waals surface area contributed by atoms with Gasteiger partial charge in [0.25, 0.3) is 0 Å². The van der Waals surface area contributed by atoms with Gasteiger partial charge in [-0.1, -0.05) is 19.3 Å². The lowest BCUT2D eigenvalue weighted by atomic mass is 9.64. The number of rotatable bonds is 1. The van der Waals surface area contributed by atoms with Gasteiger partial charge < -0.3 is 10.1 Å². The molecular formula is C10H17NO2. The molecule has 1 spiro atoms. The first-order chi connectivity index (χ1) is 6.28. The van der Waals surface area contributed by atoms with E-state index in [4.69, 9.17) is 4.74 Å². The number of carbonyl (C=O) groups is 1. The number of hydrogen-bond donors (Lipinski definition) is 1. The number of hydrogen-bond acceptors (Lipinski definition) is 3. The van der Waals surface area contributed by atoms with Crippen LogP contribution in [0.4, 0.5) is 0 Å². The molecular weight excluding hydrogens is 166 g/mol. The number of carbonyl (C=O) groups excluding carboxylic acids is 1. The molecule has 2 rings (SSSR count). The van der Waals surface area contributed by atoms with Gasteiger partial charge in [-0.15, -0.1) is 0 Å². The minimum atomic E-state index is -0.0758. The summed E-state index contributed by atoms with van der Waals surface area (Å²) in [5.41, 5.74) is 0.255. The van der Waals surface area contributed by atoms with E-state index in [1.165, 1.54) is 39.2 Å². The van der Waals surface area contributed by atoms with E-state index in [0.29, 0.717) is 0 Å². The second-order valence-corrected chi connectivity index (χ2v) is 4.26. The third kappa shape index (κ3) is 1.35. The zero-order valence-electron chi connectivity index (χ0n) is 8.14. The predicted molar refractivity (Wildman–Crippen MR) is 49.3 cm³/mol. The van der Waals surface area contributed by atoms with Gasteiger partial charge in [0.15, 0.2) is 0 Å². The van der Waals surface area contributed by atoms with Crippen molar-refractivity contribution in [3.05, 3.63) is 0 Å². The molecule has 1 aliphatic heterocycles. The maximum atomic E-state index is 11.4. The molecule has 1 saturated heterocycles. The van der Waals surface area contributed by atoms with Crippen molar-refractivity contribution < 1.29 is 9.53 Å². The number of methoxy groups -OCH3 is 1. The van der Waals surface area contributed by atoms with E-state index in [1.54, 1.807) is 0 Å². The Balaban J connectivity index is 2.02. The summed E-state index contributed by atoms with van der Waals surface area (Å²) in [6.07, 6.45) is 6.26. The minimum Gasteiger partial charge on any atom is -0.468 e. The van der Waals surface area contributed by atoms with Gasteiger partial charge in [0, 0.05) is 12.0 Å². The third-order valence-electron chi connectivity index (χ3n) is 3.56.